The number of amides is 1. The summed E-state index contributed by atoms with van der Waals surface area (Å²) >= 11 is 0. The van der Waals surface area contributed by atoms with Crippen LogP contribution in [-0.4, -0.2) is 22.6 Å². The maximum absolute atomic E-state index is 11.5. The van der Waals surface area contributed by atoms with Gasteiger partial charge in [0.25, 0.3) is 0 Å². The Labute approximate surface area is 122 Å². The molecule has 108 valence electrons. The lowest BCUT2D eigenvalue weighted by atomic mass is 10.2. The van der Waals surface area contributed by atoms with Gasteiger partial charge in [0.05, 0.1) is 18.1 Å². The van der Waals surface area contributed by atoms with Crippen LogP contribution in [0.2, 0.25) is 0 Å². The minimum Gasteiger partial charge on any atom is -0.445 e. The molecule has 0 atom stereocenters. The lowest BCUT2D eigenvalue weighted by Gasteiger charge is -2.05. The molecule has 1 heterocycles. The Hall–Kier alpha value is -2.89. The van der Waals surface area contributed by atoms with Gasteiger partial charge in [-0.2, -0.15) is 0 Å². The number of carbonyl (C=O) groups is 1. The van der Waals surface area contributed by atoms with Gasteiger partial charge < -0.3 is 15.8 Å². The average molecular weight is 284 g/mol. The first-order valence-corrected chi connectivity index (χ1v) is 6.42. The van der Waals surface area contributed by atoms with E-state index in [9.17, 15) is 4.79 Å². The van der Waals surface area contributed by atoms with Gasteiger partial charge >= 0.3 is 6.09 Å². The van der Waals surface area contributed by atoms with Gasteiger partial charge in [0.2, 0.25) is 0 Å². The van der Waals surface area contributed by atoms with E-state index < -0.39 is 6.09 Å². The van der Waals surface area contributed by atoms with Crippen molar-refractivity contribution < 1.29 is 9.53 Å². The van der Waals surface area contributed by atoms with Gasteiger partial charge in [-0.25, -0.2) is 9.78 Å². The molecule has 0 radical (unpaired) electrons. The first kappa shape index (κ1) is 14.5. The molecule has 3 N–H and O–H groups in total. The maximum Gasteiger partial charge on any atom is 0.407 e. The standard InChI is InChI=1S/C15H16N4O2/c16-14-10-18-13(9-19-14)7-4-8-17-15(20)21-11-12-5-2-1-3-6-12/h1-7,9-10H,8,11H2,(H2,16,19)(H,17,20). The van der Waals surface area contributed by atoms with Gasteiger partial charge in [0, 0.05) is 6.54 Å². The van der Waals surface area contributed by atoms with Crippen molar-refractivity contribution in [3.8, 4) is 0 Å². The van der Waals surface area contributed by atoms with Crippen molar-refractivity contribution in [2.45, 2.75) is 6.61 Å². The van der Waals surface area contributed by atoms with Crippen LogP contribution >= 0.6 is 0 Å². The highest BCUT2D eigenvalue weighted by Gasteiger charge is 2.00. The van der Waals surface area contributed by atoms with Gasteiger partial charge in [-0.3, -0.25) is 4.98 Å². The molecule has 2 rings (SSSR count). The molecule has 0 spiro atoms. The summed E-state index contributed by atoms with van der Waals surface area (Å²) in [5, 5.41) is 2.61. The Morgan fingerprint density at radius 2 is 2.05 bits per heavy atom. The number of ether oxygens (including phenoxy) is 1. The highest BCUT2D eigenvalue weighted by molar-refractivity contribution is 5.67. The first-order chi connectivity index (χ1) is 10.2. The van der Waals surface area contributed by atoms with E-state index in [1.807, 2.05) is 30.3 Å². The topological polar surface area (TPSA) is 90.1 Å². The molecule has 0 bridgehead atoms. The van der Waals surface area contributed by atoms with Crippen LogP contribution in [0, 0.1) is 0 Å². The minimum atomic E-state index is -0.466. The summed E-state index contributed by atoms with van der Waals surface area (Å²) in [6.07, 6.45) is 6.06. The van der Waals surface area contributed by atoms with Crippen LogP contribution < -0.4 is 11.1 Å². The smallest absolute Gasteiger partial charge is 0.407 e. The van der Waals surface area contributed by atoms with Crippen molar-refractivity contribution in [1.29, 1.82) is 0 Å². The van der Waals surface area contributed by atoms with Crippen LogP contribution in [0.25, 0.3) is 6.08 Å². The average Bonchev–Trinajstić information content (AvgIpc) is 2.52. The molecule has 2 aromatic rings. The Morgan fingerprint density at radius 3 is 2.76 bits per heavy atom. The van der Waals surface area contributed by atoms with E-state index >= 15 is 0 Å². The fourth-order valence-corrected chi connectivity index (χ4v) is 1.53. The maximum atomic E-state index is 11.5. The fourth-order valence-electron chi connectivity index (χ4n) is 1.53. The van der Waals surface area contributed by atoms with Crippen molar-refractivity contribution in [2.24, 2.45) is 0 Å². The summed E-state index contributed by atoms with van der Waals surface area (Å²) in [5.74, 6) is 0.370. The van der Waals surface area contributed by atoms with E-state index in [0.717, 1.165) is 5.56 Å². The van der Waals surface area contributed by atoms with Crippen LogP contribution in [-0.2, 0) is 11.3 Å². The molecule has 1 aromatic carbocycles. The number of anilines is 1. The van der Waals surface area contributed by atoms with Crippen LogP contribution in [0.3, 0.4) is 0 Å². The second-order valence-corrected chi connectivity index (χ2v) is 4.21. The summed E-state index contributed by atoms with van der Waals surface area (Å²) in [6.45, 7) is 0.597. The molecule has 21 heavy (non-hydrogen) atoms. The molecule has 0 fully saturated rings. The lowest BCUT2D eigenvalue weighted by molar-refractivity contribution is 0.141. The lowest BCUT2D eigenvalue weighted by Crippen LogP contribution is -2.24. The quantitative estimate of drug-likeness (QED) is 0.876. The summed E-state index contributed by atoms with van der Waals surface area (Å²) < 4.78 is 5.07. The van der Waals surface area contributed by atoms with E-state index in [1.54, 1.807) is 18.3 Å². The zero-order valence-electron chi connectivity index (χ0n) is 11.4. The zero-order valence-corrected chi connectivity index (χ0v) is 11.4. The van der Waals surface area contributed by atoms with Crippen LogP contribution in [0.4, 0.5) is 10.6 Å². The molecule has 0 saturated heterocycles. The SMILES string of the molecule is Nc1cnc(C=CCNC(=O)OCc2ccccc2)cn1. The van der Waals surface area contributed by atoms with Gasteiger partial charge in [-0.15, -0.1) is 0 Å². The molecule has 1 amide bonds. The third kappa shape index (κ3) is 5.32. The van der Waals surface area contributed by atoms with E-state index in [4.69, 9.17) is 10.5 Å². The van der Waals surface area contributed by atoms with Gasteiger partial charge in [0.15, 0.2) is 0 Å². The fraction of sp³-hybridized carbons (Fsp3) is 0.133. The third-order valence-electron chi connectivity index (χ3n) is 2.56. The number of nitrogens with two attached hydrogens (primary N) is 1. The highest BCUT2D eigenvalue weighted by Crippen LogP contribution is 2.00. The monoisotopic (exact) mass is 284 g/mol. The number of hydrogen-bond acceptors (Lipinski definition) is 5. The number of nitrogens with one attached hydrogen (secondary N) is 1. The van der Waals surface area contributed by atoms with Gasteiger partial charge in [-0.05, 0) is 11.6 Å². The van der Waals surface area contributed by atoms with E-state index in [0.29, 0.717) is 18.1 Å². The van der Waals surface area contributed by atoms with Crippen molar-refractivity contribution >= 4 is 18.0 Å². The molecule has 6 nitrogen and oxygen atoms in total. The van der Waals surface area contributed by atoms with Crippen molar-refractivity contribution in [3.63, 3.8) is 0 Å². The molecular formula is C15H16N4O2. The minimum absolute atomic E-state index is 0.250. The highest BCUT2D eigenvalue weighted by atomic mass is 16.5. The van der Waals surface area contributed by atoms with Crippen LogP contribution in [0.1, 0.15) is 11.3 Å². The van der Waals surface area contributed by atoms with Gasteiger partial charge in [0.1, 0.15) is 12.4 Å². The van der Waals surface area contributed by atoms with Gasteiger partial charge in [-0.1, -0.05) is 36.4 Å². The van der Waals surface area contributed by atoms with Crippen LogP contribution in [0.15, 0.2) is 48.8 Å². The van der Waals surface area contributed by atoms with Crippen molar-refractivity contribution in [2.75, 3.05) is 12.3 Å². The number of benzene rings is 1. The Kier molecular flexibility index (Phi) is 5.28. The third-order valence-corrected chi connectivity index (χ3v) is 2.56. The molecule has 0 aliphatic heterocycles. The number of carbonyl (C=O) groups excluding carboxylic acids is 1. The number of alkyl carbamates (subject to hydrolysis) is 1. The number of nitrogens with zero attached hydrogens (tertiary/aromatic N) is 2. The summed E-state index contributed by atoms with van der Waals surface area (Å²) in [5.41, 5.74) is 7.05. The van der Waals surface area contributed by atoms with E-state index in [2.05, 4.69) is 15.3 Å². The number of nitrogen functional groups attached to an aromatic ring is 1. The van der Waals surface area contributed by atoms with E-state index in [1.165, 1.54) is 6.20 Å². The predicted octanol–water partition coefficient (Wildman–Crippen LogP) is 2.00. The summed E-state index contributed by atoms with van der Waals surface area (Å²) in [7, 11) is 0. The molecule has 0 unspecified atom stereocenters. The Balaban J connectivity index is 1.68. The number of hydrogen-bond donors (Lipinski definition) is 2. The molecule has 1 aromatic heterocycles. The Morgan fingerprint density at radius 1 is 1.24 bits per heavy atom. The zero-order chi connectivity index (χ0) is 14.9. The molecule has 0 aliphatic carbocycles. The van der Waals surface area contributed by atoms with Crippen molar-refractivity contribution in [3.05, 3.63) is 60.1 Å². The molecule has 6 heteroatoms. The Bertz CT molecular complexity index is 597. The largest absolute Gasteiger partial charge is 0.445 e. The number of rotatable bonds is 5. The normalized spacial score (nSPS) is 10.5. The molecule has 0 saturated carbocycles. The van der Waals surface area contributed by atoms with Crippen molar-refractivity contribution in [1.82, 2.24) is 15.3 Å². The second-order valence-electron chi connectivity index (χ2n) is 4.21. The summed E-state index contributed by atoms with van der Waals surface area (Å²) in [4.78, 5) is 19.4. The number of aromatic nitrogens is 2. The van der Waals surface area contributed by atoms with Crippen LogP contribution in [0.5, 0.6) is 0 Å². The molecular weight excluding hydrogens is 268 g/mol. The second kappa shape index (κ2) is 7.64. The first-order valence-electron chi connectivity index (χ1n) is 6.42. The predicted molar refractivity (Wildman–Crippen MR) is 80.1 cm³/mol. The molecule has 0 aliphatic rings. The van der Waals surface area contributed by atoms with E-state index in [-0.39, 0.29) is 6.61 Å². The summed E-state index contributed by atoms with van der Waals surface area (Å²) in [6, 6.07) is 9.49.